The Bertz CT molecular complexity index is 907. The van der Waals surface area contributed by atoms with Gasteiger partial charge in [-0.3, -0.25) is 14.5 Å². The summed E-state index contributed by atoms with van der Waals surface area (Å²) in [5.41, 5.74) is 2.02. The van der Waals surface area contributed by atoms with Crippen LogP contribution in [-0.4, -0.2) is 58.0 Å². The zero-order chi connectivity index (χ0) is 23.9. The van der Waals surface area contributed by atoms with Crippen LogP contribution in [0.5, 0.6) is 0 Å². The maximum Gasteiger partial charge on any atom is 0.227 e. The molecule has 2 saturated carbocycles. The molecular formula is C26H38ClN3O3. The maximum atomic E-state index is 12.9. The van der Waals surface area contributed by atoms with Crippen molar-refractivity contribution < 1.29 is 14.7 Å². The van der Waals surface area contributed by atoms with Gasteiger partial charge in [0.1, 0.15) is 0 Å². The second-order valence-corrected chi connectivity index (χ2v) is 11.4. The molecule has 1 aliphatic heterocycles. The number of aliphatic hydroxyl groups is 1. The molecule has 3 fully saturated rings. The van der Waals surface area contributed by atoms with E-state index in [1.165, 1.54) is 12.8 Å². The van der Waals surface area contributed by atoms with Gasteiger partial charge in [-0.2, -0.15) is 0 Å². The Labute approximate surface area is 202 Å². The van der Waals surface area contributed by atoms with E-state index in [-0.39, 0.29) is 29.7 Å². The number of amides is 2. The summed E-state index contributed by atoms with van der Waals surface area (Å²) in [4.78, 5) is 30.1. The predicted molar refractivity (Wildman–Crippen MR) is 131 cm³/mol. The van der Waals surface area contributed by atoms with Crippen molar-refractivity contribution in [1.29, 1.82) is 0 Å². The number of piperazine rings is 1. The molecular weight excluding hydrogens is 438 g/mol. The van der Waals surface area contributed by atoms with Gasteiger partial charge in [0.15, 0.2) is 0 Å². The molecule has 1 saturated heterocycles. The highest BCUT2D eigenvalue weighted by molar-refractivity contribution is 6.31. The highest BCUT2D eigenvalue weighted by Crippen LogP contribution is 2.47. The lowest BCUT2D eigenvalue weighted by Gasteiger charge is -2.41. The van der Waals surface area contributed by atoms with Crippen LogP contribution in [0.15, 0.2) is 12.1 Å². The van der Waals surface area contributed by atoms with Gasteiger partial charge >= 0.3 is 0 Å². The SMILES string of the molecule is Cc1c(CN2CCN(C(=O)C3CCCC3)[C@@H](C)C2)cc(Cl)cc1NC(=O)[C@@H]1C[C@H]1C(C)(C)O. The molecule has 3 atom stereocenters. The molecule has 0 aromatic heterocycles. The summed E-state index contributed by atoms with van der Waals surface area (Å²) >= 11 is 6.42. The summed E-state index contributed by atoms with van der Waals surface area (Å²) in [5.74, 6) is 0.362. The number of halogens is 1. The number of rotatable bonds is 6. The smallest absolute Gasteiger partial charge is 0.227 e. The Morgan fingerprint density at radius 3 is 2.52 bits per heavy atom. The topological polar surface area (TPSA) is 72.9 Å². The van der Waals surface area contributed by atoms with E-state index in [4.69, 9.17) is 11.6 Å². The zero-order valence-corrected chi connectivity index (χ0v) is 21.1. The van der Waals surface area contributed by atoms with Gasteiger partial charge in [-0.1, -0.05) is 24.4 Å². The molecule has 1 heterocycles. The van der Waals surface area contributed by atoms with E-state index in [1.807, 2.05) is 13.0 Å². The fraction of sp³-hybridized carbons (Fsp3) is 0.692. The summed E-state index contributed by atoms with van der Waals surface area (Å²) in [7, 11) is 0. The molecule has 1 aromatic carbocycles. The van der Waals surface area contributed by atoms with Gasteiger partial charge in [0.05, 0.1) is 5.60 Å². The van der Waals surface area contributed by atoms with Crippen LogP contribution in [-0.2, 0) is 16.1 Å². The number of nitrogens with zero attached hydrogens (tertiary/aromatic N) is 2. The molecule has 4 rings (SSSR count). The molecule has 0 bridgehead atoms. The Morgan fingerprint density at radius 1 is 1.21 bits per heavy atom. The standard InChI is InChI=1S/C26H38ClN3O3/c1-16-14-29(9-10-30(16)25(32)18-7-5-6-8-18)15-19-11-20(27)12-23(17(19)2)28-24(31)21-13-22(21)26(3,4)33/h11-12,16,18,21-22,33H,5-10,13-15H2,1-4H3,(H,28,31)/t16-,21+,22+/m0/s1. The molecule has 1 aromatic rings. The van der Waals surface area contributed by atoms with Crippen LogP contribution in [0.25, 0.3) is 0 Å². The average molecular weight is 476 g/mol. The molecule has 2 aliphatic carbocycles. The molecule has 182 valence electrons. The second kappa shape index (κ2) is 9.55. The van der Waals surface area contributed by atoms with Crippen molar-refractivity contribution in [2.24, 2.45) is 17.8 Å². The van der Waals surface area contributed by atoms with E-state index >= 15 is 0 Å². The molecule has 0 spiro atoms. The third kappa shape index (κ3) is 5.55. The molecule has 7 heteroatoms. The lowest BCUT2D eigenvalue weighted by Crippen LogP contribution is -2.54. The lowest BCUT2D eigenvalue weighted by atomic mass is 10.0. The van der Waals surface area contributed by atoms with Crippen LogP contribution in [0.1, 0.15) is 64.0 Å². The maximum absolute atomic E-state index is 12.9. The van der Waals surface area contributed by atoms with Crippen LogP contribution >= 0.6 is 11.6 Å². The van der Waals surface area contributed by atoms with Crippen LogP contribution < -0.4 is 5.32 Å². The van der Waals surface area contributed by atoms with E-state index in [1.54, 1.807) is 19.9 Å². The van der Waals surface area contributed by atoms with Gasteiger partial charge in [0.2, 0.25) is 11.8 Å². The van der Waals surface area contributed by atoms with E-state index < -0.39 is 5.60 Å². The van der Waals surface area contributed by atoms with Crippen LogP contribution in [0, 0.1) is 24.7 Å². The second-order valence-electron chi connectivity index (χ2n) is 10.9. The fourth-order valence-corrected chi connectivity index (χ4v) is 5.91. The first-order valence-corrected chi connectivity index (χ1v) is 12.8. The van der Waals surface area contributed by atoms with E-state index in [0.717, 1.165) is 55.8 Å². The Hall–Kier alpha value is -1.63. The van der Waals surface area contributed by atoms with Crippen LogP contribution in [0.3, 0.4) is 0 Å². The van der Waals surface area contributed by atoms with Gasteiger partial charge in [0, 0.05) is 54.8 Å². The number of carbonyl (C=O) groups is 2. The van der Waals surface area contributed by atoms with Crippen molar-refractivity contribution in [2.75, 3.05) is 25.0 Å². The number of benzene rings is 1. The number of hydrogen-bond donors (Lipinski definition) is 2. The summed E-state index contributed by atoms with van der Waals surface area (Å²) in [6.07, 6.45) is 5.15. The molecule has 3 aliphatic rings. The molecule has 33 heavy (non-hydrogen) atoms. The van der Waals surface area contributed by atoms with Crippen molar-refractivity contribution in [1.82, 2.24) is 9.80 Å². The minimum absolute atomic E-state index is 0.00110. The van der Waals surface area contributed by atoms with Gasteiger partial charge in [0.25, 0.3) is 0 Å². The van der Waals surface area contributed by atoms with Crippen molar-refractivity contribution in [3.8, 4) is 0 Å². The largest absolute Gasteiger partial charge is 0.390 e. The van der Waals surface area contributed by atoms with Gasteiger partial charge in [-0.15, -0.1) is 0 Å². The molecule has 2 amide bonds. The third-order valence-corrected chi connectivity index (χ3v) is 8.08. The summed E-state index contributed by atoms with van der Waals surface area (Å²) in [5, 5.41) is 13.8. The average Bonchev–Trinajstić information content (AvgIpc) is 3.38. The minimum atomic E-state index is -0.839. The predicted octanol–water partition coefficient (Wildman–Crippen LogP) is 4.22. The molecule has 0 unspecified atom stereocenters. The van der Waals surface area contributed by atoms with Crippen molar-refractivity contribution in [3.63, 3.8) is 0 Å². The molecule has 6 nitrogen and oxygen atoms in total. The van der Waals surface area contributed by atoms with Crippen molar-refractivity contribution in [3.05, 3.63) is 28.3 Å². The molecule has 0 radical (unpaired) electrons. The van der Waals surface area contributed by atoms with Gasteiger partial charge in [-0.05, 0) is 76.1 Å². The van der Waals surface area contributed by atoms with E-state index in [9.17, 15) is 14.7 Å². The van der Waals surface area contributed by atoms with Gasteiger partial charge in [-0.25, -0.2) is 0 Å². The van der Waals surface area contributed by atoms with Crippen LogP contribution in [0.4, 0.5) is 5.69 Å². The first-order chi connectivity index (χ1) is 15.5. The Balaban J connectivity index is 1.38. The summed E-state index contributed by atoms with van der Waals surface area (Å²) in [6, 6.07) is 3.98. The third-order valence-electron chi connectivity index (χ3n) is 7.87. The van der Waals surface area contributed by atoms with Crippen LogP contribution in [0.2, 0.25) is 5.02 Å². The van der Waals surface area contributed by atoms with Gasteiger partial charge < -0.3 is 15.3 Å². The molecule has 2 N–H and O–H groups in total. The normalized spacial score (nSPS) is 26.5. The number of carbonyl (C=O) groups excluding carboxylic acids is 2. The highest BCUT2D eigenvalue weighted by atomic mass is 35.5. The van der Waals surface area contributed by atoms with E-state index in [2.05, 4.69) is 22.0 Å². The summed E-state index contributed by atoms with van der Waals surface area (Å²) < 4.78 is 0. The number of anilines is 1. The monoisotopic (exact) mass is 475 g/mol. The Morgan fingerprint density at radius 2 is 1.91 bits per heavy atom. The van der Waals surface area contributed by atoms with Crippen molar-refractivity contribution >= 4 is 29.1 Å². The number of nitrogens with one attached hydrogen (secondary N) is 1. The fourth-order valence-electron chi connectivity index (χ4n) is 5.67. The van der Waals surface area contributed by atoms with Crippen molar-refractivity contribution in [2.45, 2.75) is 78.0 Å². The minimum Gasteiger partial charge on any atom is -0.390 e. The lowest BCUT2D eigenvalue weighted by molar-refractivity contribution is -0.140. The first-order valence-electron chi connectivity index (χ1n) is 12.4. The van der Waals surface area contributed by atoms with E-state index in [0.29, 0.717) is 17.4 Å². The summed E-state index contributed by atoms with van der Waals surface area (Å²) in [6.45, 7) is 10.9. The Kier molecular flexibility index (Phi) is 7.09. The first kappa shape index (κ1) is 24.5. The number of hydrogen-bond acceptors (Lipinski definition) is 4. The quantitative estimate of drug-likeness (QED) is 0.646. The zero-order valence-electron chi connectivity index (χ0n) is 20.4. The highest BCUT2D eigenvalue weighted by Gasteiger charge is 2.51.